The molecule has 3 N–H and O–H groups in total. The molecule has 0 saturated carbocycles. The van der Waals surface area contributed by atoms with Crippen molar-refractivity contribution in [2.45, 2.75) is 23.1 Å². The third kappa shape index (κ3) is 4.77. The number of aromatic nitrogens is 2. The summed E-state index contributed by atoms with van der Waals surface area (Å²) < 4.78 is 0.330. The molecule has 1 aliphatic heterocycles. The fourth-order valence-electron chi connectivity index (χ4n) is 3.66. The second kappa shape index (κ2) is 9.50. The predicted molar refractivity (Wildman–Crippen MR) is 125 cm³/mol. The molecule has 4 rings (SSSR count). The number of halogens is 1. The summed E-state index contributed by atoms with van der Waals surface area (Å²) in [4.78, 5) is 22.2. The predicted octanol–water partition coefficient (Wildman–Crippen LogP) is 3.60. The molecule has 0 aliphatic carbocycles. The number of hydrogen-bond donors (Lipinski definition) is 3. The summed E-state index contributed by atoms with van der Waals surface area (Å²) in [5.41, 5.74) is 3.43. The number of fused-ring (bicyclic) bond motifs is 1. The highest BCUT2D eigenvalue weighted by Crippen LogP contribution is 2.29. The normalized spacial score (nSPS) is 19.4. The molecule has 1 aliphatic rings. The van der Waals surface area contributed by atoms with E-state index in [0.717, 1.165) is 19.5 Å². The largest absolute Gasteiger partial charge is 0.364 e. The summed E-state index contributed by atoms with van der Waals surface area (Å²) in [6, 6.07) is 15.3. The van der Waals surface area contributed by atoms with Crippen molar-refractivity contribution in [1.29, 1.82) is 0 Å². The van der Waals surface area contributed by atoms with Crippen LogP contribution in [-0.4, -0.2) is 42.6 Å². The van der Waals surface area contributed by atoms with Crippen molar-refractivity contribution < 1.29 is 10.0 Å². The Hall–Kier alpha value is -2.56. The summed E-state index contributed by atoms with van der Waals surface area (Å²) >= 11 is 2.50. The molecule has 0 radical (unpaired) electrons. The monoisotopic (exact) mass is 515 g/mol. The molecule has 8 heteroatoms. The minimum Gasteiger partial charge on any atom is -0.364 e. The van der Waals surface area contributed by atoms with E-state index in [0.29, 0.717) is 15.6 Å². The highest BCUT2D eigenvalue weighted by molar-refractivity contribution is 14.1. The van der Waals surface area contributed by atoms with Crippen LogP contribution in [-0.2, 0) is 11.3 Å². The minimum atomic E-state index is -0.607. The van der Waals surface area contributed by atoms with E-state index in [-0.39, 0.29) is 6.04 Å². The van der Waals surface area contributed by atoms with Crippen LogP contribution >= 0.6 is 22.6 Å². The van der Waals surface area contributed by atoms with Gasteiger partial charge in [0, 0.05) is 19.2 Å². The van der Waals surface area contributed by atoms with Crippen molar-refractivity contribution in [2.24, 2.45) is 0 Å². The number of benzene rings is 2. The number of nitrogens with zero attached hydrogens (tertiary/aromatic N) is 3. The van der Waals surface area contributed by atoms with Gasteiger partial charge in [0.15, 0.2) is 0 Å². The van der Waals surface area contributed by atoms with Crippen LogP contribution < -0.4 is 10.8 Å². The second-order valence-corrected chi connectivity index (χ2v) is 8.43. The lowest BCUT2D eigenvalue weighted by Crippen LogP contribution is -2.33. The van der Waals surface area contributed by atoms with Crippen LogP contribution in [0.25, 0.3) is 16.8 Å². The second-order valence-electron chi connectivity index (χ2n) is 7.16. The lowest BCUT2D eigenvalue weighted by atomic mass is 10.0. The molecule has 30 heavy (non-hydrogen) atoms. The molecule has 154 valence electrons. The van der Waals surface area contributed by atoms with E-state index in [1.165, 1.54) is 34.0 Å². The Labute approximate surface area is 188 Å². The van der Waals surface area contributed by atoms with Gasteiger partial charge in [-0.2, -0.15) is 0 Å². The van der Waals surface area contributed by atoms with Gasteiger partial charge in [-0.3, -0.25) is 19.9 Å². The molecule has 3 aromatic rings. The summed E-state index contributed by atoms with van der Waals surface area (Å²) in [5.74, 6) is 0.0985. The van der Waals surface area contributed by atoms with Crippen molar-refractivity contribution in [3.8, 4) is 0 Å². The molecular weight excluding hydrogens is 493 g/mol. The Morgan fingerprint density at radius 1 is 1.20 bits per heavy atom. The van der Waals surface area contributed by atoms with Crippen molar-refractivity contribution in [3.05, 3.63) is 72.2 Å². The third-order valence-electron chi connectivity index (χ3n) is 5.18. The number of alkyl halides is 1. The maximum absolute atomic E-state index is 11.0. The van der Waals surface area contributed by atoms with E-state index in [1.807, 2.05) is 0 Å². The Bertz CT molecular complexity index is 1050. The summed E-state index contributed by atoms with van der Waals surface area (Å²) in [6.07, 6.45) is 6.96. The fraction of sp³-hybridized carbons (Fsp3) is 0.227. The van der Waals surface area contributed by atoms with Crippen molar-refractivity contribution >= 4 is 51.2 Å². The number of hydrogen-bond acceptors (Lipinski definition) is 6. The van der Waals surface area contributed by atoms with Crippen LogP contribution in [0.5, 0.6) is 0 Å². The van der Waals surface area contributed by atoms with Gasteiger partial charge in [0.2, 0.25) is 0 Å². The van der Waals surface area contributed by atoms with Crippen LogP contribution in [0.15, 0.2) is 60.9 Å². The molecule has 2 aromatic carbocycles. The van der Waals surface area contributed by atoms with Crippen LogP contribution in [0, 0.1) is 0 Å². The van der Waals surface area contributed by atoms with Crippen molar-refractivity contribution in [1.82, 2.24) is 20.3 Å². The molecule has 1 fully saturated rings. The first kappa shape index (κ1) is 20.7. The molecule has 2 heterocycles. The minimum absolute atomic E-state index is 0.274. The van der Waals surface area contributed by atoms with Gasteiger partial charge in [-0.25, -0.2) is 10.5 Å². The van der Waals surface area contributed by atoms with Crippen LogP contribution in [0.4, 0.5) is 5.82 Å². The van der Waals surface area contributed by atoms with Gasteiger partial charge in [0.05, 0.1) is 28.2 Å². The van der Waals surface area contributed by atoms with Gasteiger partial charge in [0.25, 0.3) is 5.91 Å². The summed E-state index contributed by atoms with van der Waals surface area (Å²) in [5, 5.41) is 14.6. The third-order valence-corrected chi connectivity index (χ3v) is 6.84. The molecule has 1 saturated heterocycles. The van der Waals surface area contributed by atoms with Gasteiger partial charge in [-0.05, 0) is 28.8 Å². The number of nitrogens with one attached hydrogen (secondary N) is 2. The number of anilines is 1. The molecule has 1 unspecified atom stereocenters. The number of rotatable bonds is 6. The average molecular weight is 515 g/mol. The Balaban J connectivity index is 1.39. The number of carbonyl (C=O) groups is 1. The van der Waals surface area contributed by atoms with E-state index >= 15 is 0 Å². The van der Waals surface area contributed by atoms with E-state index in [9.17, 15) is 4.79 Å². The van der Waals surface area contributed by atoms with E-state index in [4.69, 9.17) is 5.21 Å². The molecule has 1 aromatic heterocycles. The molecule has 7 nitrogen and oxygen atoms in total. The zero-order valence-electron chi connectivity index (χ0n) is 16.2. The number of hydroxylamine groups is 1. The van der Waals surface area contributed by atoms with Gasteiger partial charge in [0.1, 0.15) is 5.82 Å². The quantitative estimate of drug-likeness (QED) is 0.116. The topological polar surface area (TPSA) is 90.4 Å². The highest BCUT2D eigenvalue weighted by Gasteiger charge is 2.32. The molecule has 2 atom stereocenters. The zero-order chi connectivity index (χ0) is 20.9. The van der Waals surface area contributed by atoms with Crippen LogP contribution in [0.3, 0.4) is 0 Å². The lowest BCUT2D eigenvalue weighted by Gasteiger charge is -2.24. The Kier molecular flexibility index (Phi) is 6.56. The van der Waals surface area contributed by atoms with Crippen molar-refractivity contribution in [3.63, 3.8) is 0 Å². The zero-order valence-corrected chi connectivity index (χ0v) is 18.4. The Morgan fingerprint density at radius 3 is 2.83 bits per heavy atom. The average Bonchev–Trinajstić information content (AvgIpc) is 3.12. The summed E-state index contributed by atoms with van der Waals surface area (Å²) in [6.45, 7) is 1.93. The van der Waals surface area contributed by atoms with Crippen molar-refractivity contribution in [2.75, 3.05) is 11.9 Å². The molecular formula is C22H22IN5O2. The molecule has 1 amide bonds. The van der Waals surface area contributed by atoms with E-state index in [2.05, 4.69) is 85.2 Å². The van der Waals surface area contributed by atoms with Crippen LogP contribution in [0.2, 0.25) is 0 Å². The highest BCUT2D eigenvalue weighted by atomic mass is 127. The molecule has 0 bridgehead atoms. The Morgan fingerprint density at radius 2 is 2.03 bits per heavy atom. The van der Waals surface area contributed by atoms with Gasteiger partial charge >= 0.3 is 0 Å². The lowest BCUT2D eigenvalue weighted by molar-refractivity contribution is -0.124. The first-order valence-electron chi connectivity index (χ1n) is 9.69. The first-order valence-corrected chi connectivity index (χ1v) is 10.9. The standard InChI is InChI=1S/C22H22IN5O2/c23-22-19(26-20-13-24-17(12-25-20)8-9-21(29)27-30)10-11-28(22)14-16-6-3-5-15-4-1-2-7-18(15)16/h1-9,12-13,19,22,30H,10-11,14H2,(H,25,26)(H,27,29)/t19-,22?/m1/s1. The summed E-state index contributed by atoms with van der Waals surface area (Å²) in [7, 11) is 0. The maximum atomic E-state index is 11.0. The van der Waals surface area contributed by atoms with Crippen LogP contribution in [0.1, 0.15) is 17.7 Å². The molecule has 0 spiro atoms. The van der Waals surface area contributed by atoms with Gasteiger partial charge in [-0.1, -0.05) is 65.1 Å². The van der Waals surface area contributed by atoms with Gasteiger partial charge < -0.3 is 5.32 Å². The first-order chi connectivity index (χ1) is 14.6. The van der Waals surface area contributed by atoms with E-state index < -0.39 is 5.91 Å². The SMILES string of the molecule is O=C(C=Cc1cnc(N[C@@H]2CCN(Cc3cccc4ccccc34)C2I)cn1)NO. The smallest absolute Gasteiger partial charge is 0.267 e. The fourth-order valence-corrected chi connectivity index (χ4v) is 4.68. The van der Waals surface area contributed by atoms with E-state index in [1.54, 1.807) is 12.4 Å². The maximum Gasteiger partial charge on any atom is 0.267 e. The number of likely N-dealkylation sites (tertiary alicyclic amines) is 1. The van der Waals surface area contributed by atoms with Gasteiger partial charge in [-0.15, -0.1) is 0 Å². The number of carbonyl (C=O) groups excluding carboxylic acids is 1. The number of amides is 1.